The van der Waals surface area contributed by atoms with Crippen molar-refractivity contribution in [1.82, 2.24) is 20.1 Å². The largest absolute Gasteiger partial charge is 0.472 e. The molecule has 0 unspecified atom stereocenters. The van der Waals surface area contributed by atoms with E-state index in [1.807, 2.05) is 39.1 Å². The predicted molar refractivity (Wildman–Crippen MR) is 85.8 cm³/mol. The van der Waals surface area contributed by atoms with E-state index in [2.05, 4.69) is 15.4 Å². The zero-order valence-corrected chi connectivity index (χ0v) is 13.3. The van der Waals surface area contributed by atoms with Crippen molar-refractivity contribution in [2.45, 2.75) is 20.4 Å². The minimum Gasteiger partial charge on any atom is -0.472 e. The molecule has 1 amide bonds. The van der Waals surface area contributed by atoms with E-state index in [4.69, 9.17) is 4.42 Å². The van der Waals surface area contributed by atoms with Gasteiger partial charge in [0, 0.05) is 31.0 Å². The number of hydrogen-bond acceptors (Lipinski definition) is 4. The molecular weight excluding hydrogens is 292 g/mol. The minimum atomic E-state index is -0.119. The Kier molecular flexibility index (Phi) is 3.97. The van der Waals surface area contributed by atoms with Gasteiger partial charge in [-0.1, -0.05) is 6.07 Å². The highest BCUT2D eigenvalue weighted by atomic mass is 16.3. The molecule has 3 aromatic heterocycles. The topological polar surface area (TPSA) is 73.0 Å². The fourth-order valence-corrected chi connectivity index (χ4v) is 2.48. The van der Waals surface area contributed by atoms with E-state index in [1.54, 1.807) is 23.4 Å². The van der Waals surface area contributed by atoms with Crippen molar-refractivity contribution in [1.29, 1.82) is 0 Å². The van der Waals surface area contributed by atoms with E-state index in [-0.39, 0.29) is 5.91 Å². The molecule has 0 spiro atoms. The number of nitrogens with zero attached hydrogens (tertiary/aromatic N) is 3. The Labute approximate surface area is 134 Å². The maximum atomic E-state index is 12.3. The van der Waals surface area contributed by atoms with Gasteiger partial charge in [-0.05, 0) is 31.5 Å². The van der Waals surface area contributed by atoms with Crippen LogP contribution < -0.4 is 5.32 Å². The Morgan fingerprint density at radius 1 is 1.30 bits per heavy atom. The molecule has 0 radical (unpaired) electrons. The van der Waals surface area contributed by atoms with Gasteiger partial charge in [-0.2, -0.15) is 5.10 Å². The lowest BCUT2D eigenvalue weighted by Crippen LogP contribution is -2.24. The third-order valence-corrected chi connectivity index (χ3v) is 3.83. The standard InChI is InChI=1S/C17H18N4O2/c1-11-16(12(2)21(3)20-11)17(22)19-9-13-4-5-15(18-8-13)14-6-7-23-10-14/h4-8,10H,9H2,1-3H3,(H,19,22). The van der Waals surface area contributed by atoms with E-state index in [1.165, 1.54) is 0 Å². The van der Waals surface area contributed by atoms with Crippen LogP contribution in [0.4, 0.5) is 0 Å². The van der Waals surface area contributed by atoms with E-state index < -0.39 is 0 Å². The van der Waals surface area contributed by atoms with Crippen LogP contribution >= 0.6 is 0 Å². The van der Waals surface area contributed by atoms with E-state index >= 15 is 0 Å². The smallest absolute Gasteiger partial charge is 0.255 e. The predicted octanol–water partition coefficient (Wildman–Crippen LogP) is 2.62. The van der Waals surface area contributed by atoms with Crippen molar-refractivity contribution in [2.75, 3.05) is 0 Å². The highest BCUT2D eigenvalue weighted by molar-refractivity contribution is 5.96. The van der Waals surface area contributed by atoms with Crippen LogP contribution in [0.25, 0.3) is 11.3 Å². The molecular formula is C17H18N4O2. The summed E-state index contributed by atoms with van der Waals surface area (Å²) in [5.74, 6) is -0.119. The van der Waals surface area contributed by atoms with E-state index in [0.29, 0.717) is 12.1 Å². The molecule has 3 rings (SSSR count). The molecule has 0 aliphatic carbocycles. The van der Waals surface area contributed by atoms with Crippen molar-refractivity contribution in [3.8, 4) is 11.3 Å². The van der Waals surface area contributed by atoms with Gasteiger partial charge < -0.3 is 9.73 Å². The number of aryl methyl sites for hydroxylation is 2. The van der Waals surface area contributed by atoms with Crippen LogP contribution in [0.5, 0.6) is 0 Å². The van der Waals surface area contributed by atoms with Crippen LogP contribution in [0.2, 0.25) is 0 Å². The van der Waals surface area contributed by atoms with Crippen LogP contribution in [-0.2, 0) is 13.6 Å². The number of aromatic nitrogens is 3. The van der Waals surface area contributed by atoms with Crippen molar-refractivity contribution in [3.05, 3.63) is 59.4 Å². The first-order valence-corrected chi connectivity index (χ1v) is 7.32. The molecule has 6 nitrogen and oxygen atoms in total. The number of carbonyl (C=O) groups excluding carboxylic acids is 1. The van der Waals surface area contributed by atoms with Gasteiger partial charge in [0.05, 0.1) is 29.5 Å². The summed E-state index contributed by atoms with van der Waals surface area (Å²) in [6, 6.07) is 5.71. The second kappa shape index (κ2) is 6.08. The maximum absolute atomic E-state index is 12.3. The molecule has 6 heteroatoms. The van der Waals surface area contributed by atoms with Crippen LogP contribution in [-0.4, -0.2) is 20.7 Å². The quantitative estimate of drug-likeness (QED) is 0.804. The molecule has 3 heterocycles. The molecule has 23 heavy (non-hydrogen) atoms. The van der Waals surface area contributed by atoms with Crippen LogP contribution in [0.3, 0.4) is 0 Å². The Morgan fingerprint density at radius 2 is 2.13 bits per heavy atom. The Morgan fingerprint density at radius 3 is 2.70 bits per heavy atom. The van der Waals surface area contributed by atoms with Crippen LogP contribution in [0.1, 0.15) is 27.3 Å². The minimum absolute atomic E-state index is 0.119. The summed E-state index contributed by atoms with van der Waals surface area (Å²) in [7, 11) is 1.83. The molecule has 1 N–H and O–H groups in total. The molecule has 0 saturated carbocycles. The van der Waals surface area contributed by atoms with Gasteiger partial charge >= 0.3 is 0 Å². The molecule has 0 aromatic carbocycles. The first kappa shape index (κ1) is 15.0. The molecule has 0 aliphatic heterocycles. The number of furan rings is 1. The molecule has 0 fully saturated rings. The first-order chi connectivity index (χ1) is 11.1. The SMILES string of the molecule is Cc1nn(C)c(C)c1C(=O)NCc1ccc(-c2ccoc2)nc1. The fourth-order valence-electron chi connectivity index (χ4n) is 2.48. The summed E-state index contributed by atoms with van der Waals surface area (Å²) in [6.07, 6.45) is 5.02. The van der Waals surface area contributed by atoms with Gasteiger partial charge in [0.15, 0.2) is 0 Å². The van der Waals surface area contributed by atoms with Gasteiger partial charge in [0.25, 0.3) is 5.91 Å². The van der Waals surface area contributed by atoms with Gasteiger partial charge in [-0.15, -0.1) is 0 Å². The molecule has 0 bridgehead atoms. The first-order valence-electron chi connectivity index (χ1n) is 7.32. The third-order valence-electron chi connectivity index (χ3n) is 3.83. The lowest BCUT2D eigenvalue weighted by Gasteiger charge is -2.06. The molecule has 0 aliphatic rings. The second-order valence-corrected chi connectivity index (χ2v) is 5.42. The van der Waals surface area contributed by atoms with Crippen molar-refractivity contribution in [3.63, 3.8) is 0 Å². The summed E-state index contributed by atoms with van der Waals surface area (Å²) in [6.45, 7) is 4.14. The lowest BCUT2D eigenvalue weighted by molar-refractivity contribution is 0.0949. The summed E-state index contributed by atoms with van der Waals surface area (Å²) < 4.78 is 6.76. The molecule has 3 aromatic rings. The third kappa shape index (κ3) is 3.01. The van der Waals surface area contributed by atoms with Crippen LogP contribution in [0, 0.1) is 13.8 Å². The molecule has 0 atom stereocenters. The Bertz CT molecular complexity index is 817. The van der Waals surface area contributed by atoms with Crippen molar-refractivity contribution < 1.29 is 9.21 Å². The summed E-state index contributed by atoms with van der Waals surface area (Å²) in [5.41, 5.74) is 4.93. The number of rotatable bonds is 4. The monoisotopic (exact) mass is 310 g/mol. The van der Waals surface area contributed by atoms with E-state index in [9.17, 15) is 4.79 Å². The zero-order chi connectivity index (χ0) is 16.4. The normalized spacial score (nSPS) is 10.7. The highest BCUT2D eigenvalue weighted by Crippen LogP contribution is 2.17. The molecule has 118 valence electrons. The molecule has 0 saturated heterocycles. The van der Waals surface area contributed by atoms with Crippen molar-refractivity contribution in [2.24, 2.45) is 7.05 Å². The number of nitrogens with one attached hydrogen (secondary N) is 1. The van der Waals surface area contributed by atoms with Gasteiger partial charge in [-0.3, -0.25) is 14.5 Å². The summed E-state index contributed by atoms with van der Waals surface area (Å²) in [5, 5.41) is 7.18. The lowest BCUT2D eigenvalue weighted by atomic mass is 10.1. The Hall–Kier alpha value is -2.89. The average molecular weight is 310 g/mol. The highest BCUT2D eigenvalue weighted by Gasteiger charge is 2.16. The fraction of sp³-hybridized carbons (Fsp3) is 0.235. The maximum Gasteiger partial charge on any atom is 0.255 e. The number of amides is 1. The number of carbonyl (C=O) groups is 1. The summed E-state index contributed by atoms with van der Waals surface area (Å²) >= 11 is 0. The van der Waals surface area contributed by atoms with Gasteiger partial charge in [-0.25, -0.2) is 0 Å². The van der Waals surface area contributed by atoms with Gasteiger partial charge in [0.2, 0.25) is 0 Å². The zero-order valence-electron chi connectivity index (χ0n) is 13.3. The van der Waals surface area contributed by atoms with Crippen LogP contribution in [0.15, 0.2) is 41.3 Å². The van der Waals surface area contributed by atoms with E-state index in [0.717, 1.165) is 28.2 Å². The Balaban J connectivity index is 1.67. The van der Waals surface area contributed by atoms with Crippen molar-refractivity contribution >= 4 is 5.91 Å². The number of pyridine rings is 1. The van der Waals surface area contributed by atoms with Gasteiger partial charge in [0.1, 0.15) is 0 Å². The average Bonchev–Trinajstić information content (AvgIpc) is 3.15. The summed E-state index contributed by atoms with van der Waals surface area (Å²) in [4.78, 5) is 16.7. The number of hydrogen-bond donors (Lipinski definition) is 1. The second-order valence-electron chi connectivity index (χ2n) is 5.42.